The maximum Gasteiger partial charge on any atom is 0.344 e. The molecule has 4 nitrogen and oxygen atoms in total. The van der Waals surface area contributed by atoms with E-state index in [0.717, 1.165) is 5.69 Å². The highest BCUT2D eigenvalue weighted by Crippen LogP contribution is 2.43. The highest BCUT2D eigenvalue weighted by Gasteiger charge is 2.37. The molecule has 0 fully saturated rings. The molecule has 0 saturated heterocycles. The summed E-state index contributed by atoms with van der Waals surface area (Å²) < 4.78 is 86.7. The normalized spacial score (nSPS) is 11.4. The van der Waals surface area contributed by atoms with E-state index in [1.165, 1.54) is 48.5 Å². The van der Waals surface area contributed by atoms with Gasteiger partial charge in [0.15, 0.2) is 5.78 Å². The second-order valence-electron chi connectivity index (χ2n) is 10.2. The van der Waals surface area contributed by atoms with Crippen molar-refractivity contribution in [3.05, 3.63) is 155 Å². The van der Waals surface area contributed by atoms with Crippen molar-refractivity contribution in [2.75, 3.05) is 19.0 Å². The molecule has 0 unspecified atom stereocenters. The molecular weight excluding hydrogens is 596 g/mol. The predicted molar refractivity (Wildman–Crippen MR) is 161 cm³/mol. The summed E-state index contributed by atoms with van der Waals surface area (Å²) in [5.74, 6) is -0.785. The Labute approximate surface area is 256 Å². The van der Waals surface area contributed by atoms with Gasteiger partial charge in [0.2, 0.25) is 0 Å². The monoisotopic (exact) mass is 623 g/mol. The van der Waals surface area contributed by atoms with Gasteiger partial charge in [0.25, 0.3) is 0 Å². The van der Waals surface area contributed by atoms with Crippen molar-refractivity contribution in [2.45, 2.75) is 12.3 Å². The van der Waals surface area contributed by atoms with Gasteiger partial charge >= 0.3 is 24.2 Å². The molecule has 0 aliphatic rings. The summed E-state index contributed by atoms with van der Waals surface area (Å²) in [6.07, 6.45) is -3.53. The Morgan fingerprint density at radius 2 is 1.09 bits per heavy atom. The van der Waals surface area contributed by atoms with Crippen LogP contribution in [0.4, 0.5) is 32.0 Å². The average Bonchev–Trinajstić information content (AvgIpc) is 3.04. The number of halogens is 6. The lowest BCUT2D eigenvalue weighted by Gasteiger charge is -2.34. The van der Waals surface area contributed by atoms with Crippen LogP contribution in [0.25, 0.3) is 6.08 Å². The molecule has 0 aliphatic heterocycles. The Morgan fingerprint density at radius 1 is 0.644 bits per heavy atom. The molecule has 0 spiro atoms. The van der Waals surface area contributed by atoms with Crippen molar-refractivity contribution in [1.82, 2.24) is 0 Å². The van der Waals surface area contributed by atoms with Gasteiger partial charge in [-0.3, -0.25) is 4.79 Å². The molecule has 0 heterocycles. The van der Waals surface area contributed by atoms with Gasteiger partial charge in [0.1, 0.15) is 11.5 Å². The molecule has 232 valence electrons. The minimum Gasteiger partial charge on any atom is -0.428 e. The predicted octanol–water partition coefficient (Wildman–Crippen LogP) is 9.85. The average molecular weight is 624 g/mol. The van der Waals surface area contributed by atoms with Crippen molar-refractivity contribution >= 4 is 17.5 Å². The van der Waals surface area contributed by atoms with Gasteiger partial charge in [-0.1, -0.05) is 66.7 Å². The molecule has 4 aromatic rings. The third-order valence-electron chi connectivity index (χ3n) is 7.12. The third kappa shape index (κ3) is 7.64. The summed E-state index contributed by atoms with van der Waals surface area (Å²) in [7, 11) is 3.78. The molecule has 0 saturated carbocycles. The summed E-state index contributed by atoms with van der Waals surface area (Å²) in [5.41, 5.74) is 1.89. The first-order valence-corrected chi connectivity index (χ1v) is 13.5. The van der Waals surface area contributed by atoms with Crippen LogP contribution >= 0.6 is 0 Å². The maximum absolute atomic E-state index is 14.3. The van der Waals surface area contributed by atoms with Crippen molar-refractivity contribution in [3.63, 3.8) is 0 Å². The number of hydrogen-bond donors (Lipinski definition) is 0. The van der Waals surface area contributed by atoms with Crippen molar-refractivity contribution in [2.24, 2.45) is 0 Å². The first-order valence-electron chi connectivity index (χ1n) is 13.5. The van der Waals surface area contributed by atoms with Crippen LogP contribution in [0.1, 0.15) is 34.0 Å². The van der Waals surface area contributed by atoms with Crippen molar-refractivity contribution < 1.29 is 40.6 Å². The molecule has 0 atom stereocenters. The van der Waals surface area contributed by atoms with E-state index in [1.54, 1.807) is 43.3 Å². The first kappa shape index (κ1) is 32.7. The van der Waals surface area contributed by atoms with Crippen LogP contribution in [-0.4, -0.2) is 19.9 Å². The van der Waals surface area contributed by atoms with Crippen molar-refractivity contribution in [1.29, 1.82) is 0 Å². The number of carbonyl (C=O) groups is 1. The first-order chi connectivity index (χ1) is 21.4. The van der Waals surface area contributed by atoms with E-state index in [2.05, 4.69) is 9.47 Å². The summed E-state index contributed by atoms with van der Waals surface area (Å²) in [6.45, 7) is 1.74. The van der Waals surface area contributed by atoms with Crippen LogP contribution in [0.15, 0.2) is 133 Å². The second-order valence-corrected chi connectivity index (χ2v) is 10.2. The minimum absolute atomic E-state index is 0.218. The highest BCUT2D eigenvalue weighted by atomic mass is 19.3. The Morgan fingerprint density at radius 3 is 1.49 bits per heavy atom. The smallest absolute Gasteiger partial charge is 0.344 e. The van der Waals surface area contributed by atoms with E-state index in [9.17, 15) is 31.1 Å². The molecule has 4 rings (SSSR count). The second kappa shape index (κ2) is 14.0. The zero-order valence-electron chi connectivity index (χ0n) is 24.3. The number of rotatable bonds is 11. The number of ketones is 1. The number of nitrogens with zero attached hydrogens (tertiary/aromatic N) is 1. The Kier molecular flexibility index (Phi) is 10.2. The number of carbonyl (C=O) groups excluding carboxylic acids is 1. The Bertz CT molecular complexity index is 1650. The number of ether oxygens (including phenoxy) is 2. The number of benzene rings is 4. The molecule has 0 radical (unpaired) electrons. The lowest BCUT2D eigenvalue weighted by atomic mass is 9.68. The van der Waals surface area contributed by atoms with E-state index in [1.807, 2.05) is 43.3 Å². The maximum atomic E-state index is 14.3. The minimum atomic E-state index is -2.62. The summed E-state index contributed by atoms with van der Waals surface area (Å²) in [4.78, 5) is 16.2. The van der Waals surface area contributed by atoms with E-state index < -0.39 is 29.6 Å². The third-order valence-corrected chi connectivity index (χ3v) is 7.12. The molecule has 0 amide bonds. The summed E-state index contributed by atoms with van der Waals surface area (Å²) in [5, 5.41) is 0. The fraction of sp³-hybridized carbons (Fsp3) is 0.114. The van der Waals surface area contributed by atoms with Gasteiger partial charge in [-0.05, 0) is 66.1 Å². The molecule has 4 aromatic carbocycles. The number of anilines is 1. The molecule has 0 bridgehead atoms. The Balaban J connectivity index is 1.94. The van der Waals surface area contributed by atoms with Crippen LogP contribution in [0.3, 0.4) is 0 Å². The van der Waals surface area contributed by atoms with Crippen LogP contribution < -0.4 is 14.4 Å². The van der Waals surface area contributed by atoms with Gasteiger partial charge in [0, 0.05) is 36.3 Å². The summed E-state index contributed by atoms with van der Waals surface area (Å²) >= 11 is 0. The van der Waals surface area contributed by atoms with Crippen LogP contribution in [0.2, 0.25) is 0 Å². The Hall–Kier alpha value is -5.25. The molecule has 0 N–H and O–H groups in total. The van der Waals surface area contributed by atoms with Gasteiger partial charge in [-0.25, -0.2) is 0 Å². The topological polar surface area (TPSA) is 38.8 Å². The number of Topliss-reactive ketones (excluding diaryl/α,β-unsaturated/α-hetero) is 1. The van der Waals surface area contributed by atoms with E-state index in [4.69, 9.17) is 0 Å². The van der Waals surface area contributed by atoms with E-state index in [0.29, 0.717) is 22.3 Å². The molecule has 0 aromatic heterocycles. The summed E-state index contributed by atoms with van der Waals surface area (Å²) in [6, 6.07) is 22.9. The molecule has 45 heavy (non-hydrogen) atoms. The number of hydrogen-bond acceptors (Lipinski definition) is 4. The molecule has 10 heteroatoms. The molecule has 0 aliphatic carbocycles. The van der Waals surface area contributed by atoms with Crippen LogP contribution in [-0.2, 0) is 5.41 Å². The number of allylic oxidation sites excluding steroid dienone is 1. The fourth-order valence-electron chi connectivity index (χ4n) is 4.69. The molecular formula is C35H27F6NO3. The van der Waals surface area contributed by atoms with Gasteiger partial charge in [-0.15, -0.1) is 0 Å². The SMILES string of the molecule is CN(C)c1ccc(C=C(C(=O)c2ccccc2)C(C)(c2ccc(OC(F)=C(F)F)cc2)c2ccc(OC(F)=C(F)F)cc2)cc1. The van der Waals surface area contributed by atoms with E-state index in [-0.39, 0.29) is 22.9 Å². The fourth-order valence-corrected chi connectivity index (χ4v) is 4.69. The van der Waals surface area contributed by atoms with Gasteiger partial charge < -0.3 is 14.4 Å². The quantitative estimate of drug-likeness (QED) is 0.0722. The highest BCUT2D eigenvalue weighted by molar-refractivity contribution is 6.13. The lowest BCUT2D eigenvalue weighted by molar-refractivity contribution is 0.102. The largest absolute Gasteiger partial charge is 0.428 e. The van der Waals surface area contributed by atoms with Crippen molar-refractivity contribution in [3.8, 4) is 11.5 Å². The zero-order chi connectivity index (χ0) is 32.7. The zero-order valence-corrected chi connectivity index (χ0v) is 24.3. The van der Waals surface area contributed by atoms with Gasteiger partial charge in [0.05, 0.1) is 0 Å². The van der Waals surface area contributed by atoms with E-state index >= 15 is 0 Å². The van der Waals surface area contributed by atoms with Crippen LogP contribution in [0, 0.1) is 0 Å². The van der Waals surface area contributed by atoms with Gasteiger partial charge in [-0.2, -0.15) is 26.3 Å². The van der Waals surface area contributed by atoms with Crippen LogP contribution in [0.5, 0.6) is 11.5 Å². The lowest BCUT2D eigenvalue weighted by Crippen LogP contribution is -2.31. The standard InChI is InChI=1S/C35H27F6NO3/c1-35(24-11-17-27(18-12-24)44-33(40)31(36)37,25-13-19-28(20-14-25)45-34(41)32(38)39)29(30(43)23-7-5-4-6-8-23)21-22-9-15-26(16-10-22)42(2)3/h4-21H,1-3H3.